The van der Waals surface area contributed by atoms with E-state index in [1.165, 1.54) is 9.58 Å². The number of hydrogen-bond donors (Lipinski definition) is 0. The minimum absolute atomic E-state index is 0.00207. The first-order valence-corrected chi connectivity index (χ1v) is 10.2. The Bertz CT molecular complexity index is 749. The molecule has 0 bridgehead atoms. The van der Waals surface area contributed by atoms with Gasteiger partial charge in [-0.2, -0.15) is 0 Å². The topological polar surface area (TPSA) is 33.2 Å². The fourth-order valence-corrected chi connectivity index (χ4v) is 5.04. The van der Waals surface area contributed by atoms with Gasteiger partial charge in [0, 0.05) is 17.7 Å². The quantitative estimate of drug-likeness (QED) is 0.631. The Balaban J connectivity index is 1.59. The van der Waals surface area contributed by atoms with E-state index >= 15 is 0 Å². The number of para-hydroxylation sites is 1. The monoisotopic (exact) mass is 362 g/mol. The first kappa shape index (κ1) is 16.5. The zero-order valence-electron chi connectivity index (χ0n) is 13.1. The van der Waals surface area contributed by atoms with Crippen molar-refractivity contribution < 1.29 is 4.79 Å². The molecule has 3 rings (SSSR count). The lowest BCUT2D eigenvalue weighted by Gasteiger charge is -2.23. The number of thiazole rings is 1. The van der Waals surface area contributed by atoms with Gasteiger partial charge in [0.1, 0.15) is 5.01 Å². The van der Waals surface area contributed by atoms with E-state index in [4.69, 9.17) is 0 Å². The molecule has 0 unspecified atom stereocenters. The van der Waals surface area contributed by atoms with Gasteiger partial charge in [0.05, 0.1) is 22.0 Å². The third kappa shape index (κ3) is 3.94. The van der Waals surface area contributed by atoms with E-state index in [2.05, 4.69) is 22.5 Å². The van der Waals surface area contributed by atoms with Crippen LogP contribution in [0.2, 0.25) is 0 Å². The molecule has 2 heterocycles. The maximum absolute atomic E-state index is 12.4. The van der Waals surface area contributed by atoms with E-state index in [-0.39, 0.29) is 11.9 Å². The van der Waals surface area contributed by atoms with Crippen molar-refractivity contribution in [2.24, 2.45) is 0 Å². The molecule has 0 saturated heterocycles. The van der Waals surface area contributed by atoms with E-state index in [9.17, 15) is 4.79 Å². The molecular weight excluding hydrogens is 344 g/mol. The van der Waals surface area contributed by atoms with Gasteiger partial charge in [-0.15, -0.1) is 34.4 Å². The van der Waals surface area contributed by atoms with Gasteiger partial charge in [-0.3, -0.25) is 4.79 Å². The molecule has 0 N–H and O–H groups in total. The van der Waals surface area contributed by atoms with Crippen LogP contribution in [0.5, 0.6) is 0 Å². The summed E-state index contributed by atoms with van der Waals surface area (Å²) in [4.78, 5) is 20.2. The van der Waals surface area contributed by atoms with Gasteiger partial charge in [0.15, 0.2) is 0 Å². The molecule has 3 nitrogen and oxygen atoms in total. The molecule has 0 aliphatic rings. The molecule has 0 aliphatic carbocycles. The van der Waals surface area contributed by atoms with Crippen molar-refractivity contribution in [3.8, 4) is 0 Å². The highest BCUT2D eigenvalue weighted by Crippen LogP contribution is 2.29. The van der Waals surface area contributed by atoms with Crippen LogP contribution in [0.15, 0.2) is 41.8 Å². The summed E-state index contributed by atoms with van der Waals surface area (Å²) >= 11 is 5.06. The van der Waals surface area contributed by atoms with Crippen molar-refractivity contribution in [3.63, 3.8) is 0 Å². The summed E-state index contributed by atoms with van der Waals surface area (Å²) in [5.41, 5.74) is 1.01. The Morgan fingerprint density at radius 1 is 1.30 bits per heavy atom. The molecule has 120 valence electrons. The third-order valence-electron chi connectivity index (χ3n) is 3.69. The lowest BCUT2D eigenvalue weighted by Crippen LogP contribution is -2.31. The van der Waals surface area contributed by atoms with Crippen LogP contribution >= 0.6 is 34.4 Å². The minimum atomic E-state index is 0.00207. The number of carbonyl (C=O) groups is 1. The number of carbonyl (C=O) groups excluding carboxylic acids is 1. The SMILES string of the molecule is C[C@H](c1nc2ccccc2s1)N(C)C(=O)CSCc1cccs1. The molecule has 0 fully saturated rings. The summed E-state index contributed by atoms with van der Waals surface area (Å²) in [5, 5.41) is 3.06. The van der Waals surface area contributed by atoms with Gasteiger partial charge in [-0.25, -0.2) is 4.98 Å². The third-order valence-corrected chi connectivity index (χ3v) is 6.92. The Morgan fingerprint density at radius 2 is 2.13 bits per heavy atom. The van der Waals surface area contributed by atoms with Crippen molar-refractivity contribution in [2.75, 3.05) is 12.8 Å². The van der Waals surface area contributed by atoms with Crippen LogP contribution in [-0.4, -0.2) is 28.6 Å². The minimum Gasteiger partial charge on any atom is -0.336 e. The van der Waals surface area contributed by atoms with Gasteiger partial charge in [0.25, 0.3) is 0 Å². The zero-order chi connectivity index (χ0) is 16.2. The van der Waals surface area contributed by atoms with E-state index in [0.717, 1.165) is 16.3 Å². The van der Waals surface area contributed by atoms with Crippen molar-refractivity contribution >= 4 is 50.6 Å². The average Bonchev–Trinajstić information content (AvgIpc) is 3.22. The fourth-order valence-electron chi connectivity index (χ4n) is 2.19. The molecular formula is C17H18N2OS3. The number of thioether (sulfide) groups is 1. The number of hydrogen-bond acceptors (Lipinski definition) is 5. The average molecular weight is 363 g/mol. The largest absolute Gasteiger partial charge is 0.336 e. The normalized spacial score (nSPS) is 12.4. The summed E-state index contributed by atoms with van der Waals surface area (Å²) in [6, 6.07) is 12.3. The smallest absolute Gasteiger partial charge is 0.232 e. The van der Waals surface area contributed by atoms with E-state index in [1.54, 1.807) is 39.3 Å². The van der Waals surface area contributed by atoms with E-state index in [0.29, 0.717) is 5.75 Å². The van der Waals surface area contributed by atoms with Crippen LogP contribution in [0.25, 0.3) is 10.2 Å². The number of aromatic nitrogens is 1. The standard InChI is InChI=1S/C17H18N2OS3/c1-12(17-18-14-7-3-4-8-15(14)23-17)19(2)16(20)11-21-10-13-6-5-9-22-13/h3-9,12H,10-11H2,1-2H3/t12-/m1/s1. The van der Waals surface area contributed by atoms with Crippen LogP contribution in [0.4, 0.5) is 0 Å². The first-order valence-electron chi connectivity index (χ1n) is 7.36. The van der Waals surface area contributed by atoms with Crippen molar-refractivity contribution in [2.45, 2.75) is 18.7 Å². The van der Waals surface area contributed by atoms with Crippen LogP contribution < -0.4 is 0 Å². The van der Waals surface area contributed by atoms with E-state index in [1.807, 2.05) is 38.2 Å². The predicted octanol–water partition coefficient (Wildman–Crippen LogP) is 4.81. The number of rotatable bonds is 6. The van der Waals surface area contributed by atoms with Crippen molar-refractivity contribution in [1.82, 2.24) is 9.88 Å². The summed E-state index contributed by atoms with van der Waals surface area (Å²) in [7, 11) is 1.87. The molecule has 23 heavy (non-hydrogen) atoms. The second-order valence-corrected chi connectivity index (χ2v) is 8.35. The van der Waals surface area contributed by atoms with Gasteiger partial charge in [-0.1, -0.05) is 18.2 Å². The maximum atomic E-state index is 12.4. The first-order chi connectivity index (χ1) is 11.1. The molecule has 6 heteroatoms. The number of thiophene rings is 1. The van der Waals surface area contributed by atoms with Crippen LogP contribution in [-0.2, 0) is 10.5 Å². The maximum Gasteiger partial charge on any atom is 0.232 e. The Kier molecular flexibility index (Phi) is 5.35. The van der Waals surface area contributed by atoms with Crippen molar-refractivity contribution in [1.29, 1.82) is 0 Å². The predicted molar refractivity (Wildman–Crippen MR) is 101 cm³/mol. The number of nitrogens with zero attached hydrogens (tertiary/aromatic N) is 2. The van der Waals surface area contributed by atoms with E-state index < -0.39 is 0 Å². The second kappa shape index (κ2) is 7.47. The lowest BCUT2D eigenvalue weighted by molar-refractivity contribution is -0.128. The molecule has 0 saturated carbocycles. The van der Waals surface area contributed by atoms with Crippen molar-refractivity contribution in [3.05, 3.63) is 51.7 Å². The summed E-state index contributed by atoms with van der Waals surface area (Å²) < 4.78 is 1.17. The molecule has 2 aromatic heterocycles. The Labute approximate surface area is 148 Å². The van der Waals surface area contributed by atoms with Crippen LogP contribution in [0.3, 0.4) is 0 Å². The Hall–Kier alpha value is -1.37. The molecule has 0 aliphatic heterocycles. The van der Waals surface area contributed by atoms with Gasteiger partial charge in [0.2, 0.25) is 5.91 Å². The highest BCUT2D eigenvalue weighted by molar-refractivity contribution is 7.99. The van der Waals surface area contributed by atoms with Crippen LogP contribution in [0.1, 0.15) is 22.9 Å². The van der Waals surface area contributed by atoms with Gasteiger partial charge >= 0.3 is 0 Å². The summed E-state index contributed by atoms with van der Waals surface area (Å²) in [5.74, 6) is 1.55. The molecule has 3 aromatic rings. The second-order valence-electron chi connectivity index (χ2n) is 5.27. The number of fused-ring (bicyclic) bond motifs is 1. The summed E-state index contributed by atoms with van der Waals surface area (Å²) in [6.45, 7) is 2.04. The highest BCUT2D eigenvalue weighted by Gasteiger charge is 2.20. The Morgan fingerprint density at radius 3 is 2.87 bits per heavy atom. The number of benzene rings is 1. The molecule has 0 spiro atoms. The van der Waals surface area contributed by atoms with Gasteiger partial charge in [-0.05, 0) is 30.5 Å². The lowest BCUT2D eigenvalue weighted by atomic mass is 10.3. The molecule has 1 aromatic carbocycles. The zero-order valence-corrected chi connectivity index (χ0v) is 15.5. The van der Waals surface area contributed by atoms with Crippen LogP contribution in [0, 0.1) is 0 Å². The molecule has 0 radical (unpaired) electrons. The highest BCUT2D eigenvalue weighted by atomic mass is 32.2. The molecule has 1 atom stereocenters. The van der Waals surface area contributed by atoms with Gasteiger partial charge < -0.3 is 4.90 Å². The summed E-state index contributed by atoms with van der Waals surface area (Å²) in [6.07, 6.45) is 0. The molecule has 1 amide bonds. The number of amides is 1. The fraction of sp³-hybridized carbons (Fsp3) is 0.294.